The lowest BCUT2D eigenvalue weighted by Gasteiger charge is -1.70. The molecule has 0 radical (unpaired) electrons. The molecule has 0 spiro atoms. The fraction of sp³-hybridized carbons (Fsp3) is 0. The third-order valence-corrected chi connectivity index (χ3v) is 0.389. The number of rotatable bonds is 1. The third-order valence-electron chi connectivity index (χ3n) is 0.168. The van der Waals surface area contributed by atoms with Gasteiger partial charge in [0.1, 0.15) is 0 Å². The molecule has 6 heavy (non-hydrogen) atoms. The van der Waals surface area contributed by atoms with Crippen LogP contribution in [-0.4, -0.2) is 15.6 Å². The van der Waals surface area contributed by atoms with Crippen LogP contribution < -0.4 is 0 Å². The van der Waals surface area contributed by atoms with E-state index in [0.717, 1.165) is 6.21 Å². The van der Waals surface area contributed by atoms with Crippen molar-refractivity contribution in [2.24, 2.45) is 5.16 Å². The summed E-state index contributed by atoms with van der Waals surface area (Å²) in [5, 5.41) is 10.3. The van der Waals surface area contributed by atoms with E-state index in [1.807, 2.05) is 0 Å². The maximum Gasteiger partial charge on any atom is 0.0904 e. The molecule has 0 rings (SSSR count). The first-order chi connectivity index (χ1) is 2.77. The van der Waals surface area contributed by atoms with Crippen LogP contribution >= 0.6 is 24.8 Å². The van der Waals surface area contributed by atoms with Crippen molar-refractivity contribution in [3.05, 3.63) is 0 Å². The lowest BCUT2D eigenvalue weighted by Crippen LogP contribution is -1.78. The summed E-state index contributed by atoms with van der Waals surface area (Å²) in [5.74, 6) is 0. The Morgan fingerprint density at radius 2 is 2.50 bits per heavy atom. The Labute approximate surface area is 46.3 Å². The van der Waals surface area contributed by atoms with Crippen molar-refractivity contribution in [2.45, 2.75) is 0 Å². The zero-order valence-corrected chi connectivity index (χ0v) is 4.54. The second kappa shape index (κ2) is 3.11. The molecule has 1 N–H and O–H groups in total. The van der Waals surface area contributed by atoms with E-state index >= 15 is 0 Å². The minimum absolute atomic E-state index is 0.275. The number of oxime groups is 1. The molecule has 0 aromatic heterocycles. The van der Waals surface area contributed by atoms with Crippen LogP contribution in [0, 0.1) is 0 Å². The summed E-state index contributed by atoms with van der Waals surface area (Å²) in [4.78, 5) is 0. The van der Waals surface area contributed by atoms with E-state index < -0.39 is 0 Å². The molecule has 0 saturated heterocycles. The Morgan fingerprint density at radius 3 is 2.50 bits per heavy atom. The van der Waals surface area contributed by atoms with Gasteiger partial charge in [-0.15, -0.1) is 12.6 Å². The Hall–Kier alpha value is -0.0900. The molecule has 0 bridgehead atoms. The molecule has 0 saturated carbocycles. The highest BCUT2D eigenvalue weighted by Gasteiger charge is 1.71. The van der Waals surface area contributed by atoms with Gasteiger partial charge < -0.3 is 5.21 Å². The van der Waals surface area contributed by atoms with Crippen LogP contribution in [0.25, 0.3) is 0 Å². The van der Waals surface area contributed by atoms with Gasteiger partial charge in [-0.05, 0) is 0 Å². The zero-order valence-electron chi connectivity index (χ0n) is 2.83. The van der Waals surface area contributed by atoms with Gasteiger partial charge in [0.05, 0.1) is 10.4 Å². The first-order valence-corrected chi connectivity index (χ1v) is 2.03. The van der Waals surface area contributed by atoms with Gasteiger partial charge >= 0.3 is 0 Å². The molecule has 0 aliphatic heterocycles. The minimum Gasteiger partial charge on any atom is -0.411 e. The fourth-order valence-corrected chi connectivity index (χ4v) is 0.148. The third kappa shape index (κ3) is 3.91. The van der Waals surface area contributed by atoms with Crippen LogP contribution in [0.4, 0.5) is 0 Å². The fourth-order valence-electron chi connectivity index (χ4n) is 0.0494. The molecule has 0 heterocycles. The molecule has 0 unspecified atom stereocenters. The van der Waals surface area contributed by atoms with Crippen LogP contribution in [0.3, 0.4) is 0 Å². The van der Waals surface area contributed by atoms with E-state index in [2.05, 4.69) is 30.0 Å². The summed E-state index contributed by atoms with van der Waals surface area (Å²) in [6.45, 7) is 0. The molecule has 0 fully saturated rings. The largest absolute Gasteiger partial charge is 0.411 e. The molecule has 0 aromatic carbocycles. The molecular weight excluding hydrogens is 118 g/mol. The van der Waals surface area contributed by atoms with E-state index in [0.29, 0.717) is 0 Å². The van der Waals surface area contributed by atoms with Crippen molar-refractivity contribution in [3.8, 4) is 0 Å². The quantitative estimate of drug-likeness (QED) is 0.176. The molecule has 0 aliphatic rings. The highest BCUT2D eigenvalue weighted by atomic mass is 32.1. The molecule has 0 amide bonds. The van der Waals surface area contributed by atoms with E-state index in [1.165, 1.54) is 0 Å². The molecule has 0 aromatic rings. The van der Waals surface area contributed by atoms with E-state index in [9.17, 15) is 0 Å². The lowest BCUT2D eigenvalue weighted by atomic mass is 10.9. The molecule has 34 valence electrons. The van der Waals surface area contributed by atoms with Gasteiger partial charge in [-0.25, -0.2) is 0 Å². The van der Waals surface area contributed by atoms with Crippen LogP contribution in [0.15, 0.2) is 5.16 Å². The van der Waals surface area contributed by atoms with Gasteiger partial charge in [0.15, 0.2) is 0 Å². The van der Waals surface area contributed by atoms with Crippen LogP contribution in [0.2, 0.25) is 0 Å². The van der Waals surface area contributed by atoms with Crippen molar-refractivity contribution in [3.63, 3.8) is 0 Å². The lowest BCUT2D eigenvalue weighted by molar-refractivity contribution is 0.322. The summed E-state index contributed by atoms with van der Waals surface area (Å²) in [6.07, 6.45) is 1.07. The highest BCUT2D eigenvalue weighted by Crippen LogP contribution is 1.74. The first-order valence-electron chi connectivity index (χ1n) is 1.17. The van der Waals surface area contributed by atoms with Crippen molar-refractivity contribution in [2.75, 3.05) is 0 Å². The topological polar surface area (TPSA) is 32.6 Å². The summed E-state index contributed by atoms with van der Waals surface area (Å²) in [5.41, 5.74) is 0. The van der Waals surface area contributed by atoms with E-state index in [-0.39, 0.29) is 4.20 Å². The predicted molar refractivity (Wildman–Crippen MR) is 31.9 cm³/mol. The van der Waals surface area contributed by atoms with Gasteiger partial charge in [0, 0.05) is 0 Å². The Balaban J connectivity index is 3.30. The summed E-state index contributed by atoms with van der Waals surface area (Å²) >= 11 is 7.95. The van der Waals surface area contributed by atoms with Crippen molar-refractivity contribution in [1.82, 2.24) is 0 Å². The number of thiocarbonyl (C=S) groups is 1. The number of hydrogen-bond donors (Lipinski definition) is 2. The second-order valence-electron chi connectivity index (χ2n) is 0.583. The van der Waals surface area contributed by atoms with Crippen molar-refractivity contribution in [1.29, 1.82) is 0 Å². The SMILES string of the molecule is ON=CC(=S)S. The summed E-state index contributed by atoms with van der Waals surface area (Å²) in [6, 6.07) is 0. The number of thiol groups is 1. The van der Waals surface area contributed by atoms with Crippen molar-refractivity contribution >= 4 is 35.3 Å². The molecule has 0 atom stereocenters. The summed E-state index contributed by atoms with van der Waals surface area (Å²) in [7, 11) is 0. The maximum atomic E-state index is 7.67. The number of hydrogen-bond acceptors (Lipinski definition) is 3. The molecule has 2 nitrogen and oxygen atoms in total. The highest BCUT2D eigenvalue weighted by molar-refractivity contribution is 8.13. The number of nitrogens with zero attached hydrogens (tertiary/aromatic N) is 1. The van der Waals surface area contributed by atoms with Gasteiger partial charge in [0.2, 0.25) is 0 Å². The maximum absolute atomic E-state index is 7.67. The monoisotopic (exact) mass is 121 g/mol. The first kappa shape index (κ1) is 5.91. The summed E-state index contributed by atoms with van der Waals surface area (Å²) < 4.78 is 0.275. The normalized spacial score (nSPS) is 9.50. The standard InChI is InChI=1S/C2H3NOS2/c4-3-1-2(5)6/h1,4H,(H,5,6). The molecule has 0 aliphatic carbocycles. The van der Waals surface area contributed by atoms with Gasteiger partial charge in [-0.3, -0.25) is 0 Å². The van der Waals surface area contributed by atoms with E-state index in [1.54, 1.807) is 0 Å². The van der Waals surface area contributed by atoms with Gasteiger partial charge in [-0.2, -0.15) is 0 Å². The average Bonchev–Trinajstić information content (AvgIpc) is 1.35. The Bertz CT molecular complexity index is 79.6. The molecule has 4 heteroatoms. The van der Waals surface area contributed by atoms with Crippen molar-refractivity contribution < 1.29 is 5.21 Å². The van der Waals surface area contributed by atoms with Crippen LogP contribution in [-0.2, 0) is 0 Å². The zero-order chi connectivity index (χ0) is 4.99. The average molecular weight is 121 g/mol. The van der Waals surface area contributed by atoms with Gasteiger partial charge in [-0.1, -0.05) is 17.4 Å². The predicted octanol–water partition coefficient (Wildman–Crippen LogP) is 0.704. The van der Waals surface area contributed by atoms with E-state index in [4.69, 9.17) is 5.21 Å². The van der Waals surface area contributed by atoms with Crippen LogP contribution in [0.5, 0.6) is 0 Å². The molecular formula is C2H3NOS2. The smallest absolute Gasteiger partial charge is 0.0904 e. The Morgan fingerprint density at radius 1 is 2.00 bits per heavy atom. The van der Waals surface area contributed by atoms with Crippen LogP contribution in [0.1, 0.15) is 0 Å². The van der Waals surface area contributed by atoms with Gasteiger partial charge in [0.25, 0.3) is 0 Å². The minimum atomic E-state index is 0.275. The second-order valence-corrected chi connectivity index (χ2v) is 1.81. The Kier molecular flexibility index (Phi) is 3.07.